The molecule has 0 aliphatic heterocycles. The highest BCUT2D eigenvalue weighted by molar-refractivity contribution is 7.86. The first-order valence-electron chi connectivity index (χ1n) is 6.78. The highest BCUT2D eigenvalue weighted by atomic mass is 32.2. The summed E-state index contributed by atoms with van der Waals surface area (Å²) in [5, 5.41) is 4.65. The van der Waals surface area contributed by atoms with Gasteiger partial charge in [0.25, 0.3) is 0 Å². The quantitative estimate of drug-likeness (QED) is 0.589. The van der Waals surface area contributed by atoms with Gasteiger partial charge in [-0.25, -0.2) is 0 Å². The number of rotatable bonds is 4. The van der Waals surface area contributed by atoms with E-state index in [1.807, 2.05) is 0 Å². The van der Waals surface area contributed by atoms with Crippen LogP contribution in [-0.4, -0.2) is 41.0 Å². The summed E-state index contributed by atoms with van der Waals surface area (Å²) in [6.07, 6.45) is -0.684. The predicted molar refractivity (Wildman–Crippen MR) is 64.9 cm³/mol. The Balaban J connectivity index is 1.81. The van der Waals surface area contributed by atoms with Crippen molar-refractivity contribution in [2.75, 3.05) is 0 Å². The zero-order chi connectivity index (χ0) is 15.6. The molecule has 3 atom stereocenters. The van der Waals surface area contributed by atoms with Gasteiger partial charge in [0.15, 0.2) is 0 Å². The van der Waals surface area contributed by atoms with Crippen molar-refractivity contribution < 1.29 is 36.4 Å². The second kappa shape index (κ2) is 4.43. The van der Waals surface area contributed by atoms with Crippen molar-refractivity contribution in [2.45, 2.75) is 49.2 Å². The lowest BCUT2D eigenvalue weighted by Gasteiger charge is -2.55. The number of halogens is 2. The van der Waals surface area contributed by atoms with Crippen molar-refractivity contribution in [1.82, 2.24) is 0 Å². The molecular weight excluding hydrogens is 310 g/mol. The second-order valence-corrected chi connectivity index (χ2v) is 7.93. The predicted octanol–water partition coefficient (Wildman–Crippen LogP) is 0.950. The van der Waals surface area contributed by atoms with Gasteiger partial charge in [0.1, 0.15) is 5.78 Å². The third kappa shape index (κ3) is 2.30. The summed E-state index contributed by atoms with van der Waals surface area (Å²) < 4.78 is 61.6. The normalized spacial score (nSPS) is 40.6. The van der Waals surface area contributed by atoms with Crippen molar-refractivity contribution in [3.05, 3.63) is 0 Å². The molecule has 3 unspecified atom stereocenters. The molecule has 2 N–H and O–H groups in total. The molecule has 0 radical (unpaired) electrons. The minimum Gasteiger partial charge on any atom is -0.362 e. The number of carbonyl (C=O) groups is 1. The smallest absolute Gasteiger partial charge is 0.362 e. The lowest BCUT2D eigenvalue weighted by Crippen LogP contribution is -2.59. The monoisotopic (exact) mass is 326 g/mol. The number of aliphatic hydroxyl groups excluding tert-OH is 1. The molecule has 4 fully saturated rings. The summed E-state index contributed by atoms with van der Waals surface area (Å²) in [6, 6.07) is 0. The van der Waals surface area contributed by atoms with E-state index in [2.05, 4.69) is 0 Å². The molecule has 0 heterocycles. The van der Waals surface area contributed by atoms with Crippen LogP contribution in [-0.2, 0) is 19.6 Å². The standard InChI is InChI=1S/C12H16F2O6S/c13-12(14,21(17,18)19)10(16)20-11-3-6-1-7(4-11)9(15)8(2-6)5-11/h6-8,10,16H,1-5H2,(H,17,18,19). The van der Waals surface area contributed by atoms with E-state index in [0.29, 0.717) is 19.3 Å². The molecule has 0 amide bonds. The Labute approximate surface area is 120 Å². The molecule has 6 nitrogen and oxygen atoms in total. The maximum absolute atomic E-state index is 13.4. The van der Waals surface area contributed by atoms with Crippen molar-refractivity contribution in [3.8, 4) is 0 Å². The van der Waals surface area contributed by atoms with Crippen molar-refractivity contribution >= 4 is 15.9 Å². The maximum Gasteiger partial charge on any atom is 0.418 e. The van der Waals surface area contributed by atoms with Crippen LogP contribution in [0.4, 0.5) is 8.78 Å². The highest BCUT2D eigenvalue weighted by Crippen LogP contribution is 2.56. The lowest BCUT2D eigenvalue weighted by molar-refractivity contribution is -0.279. The fraction of sp³-hybridized carbons (Fsp3) is 0.917. The van der Waals surface area contributed by atoms with Gasteiger partial charge >= 0.3 is 15.4 Å². The summed E-state index contributed by atoms with van der Waals surface area (Å²) in [7, 11) is -5.77. The van der Waals surface area contributed by atoms with Crippen LogP contribution in [0.2, 0.25) is 0 Å². The number of ether oxygens (including phenoxy) is 1. The Morgan fingerprint density at radius 2 is 1.76 bits per heavy atom. The average Bonchev–Trinajstić information content (AvgIpc) is 2.32. The average molecular weight is 326 g/mol. The van der Waals surface area contributed by atoms with Gasteiger partial charge in [0.2, 0.25) is 6.29 Å². The number of Topliss-reactive ketones (excluding diaryl/α,β-unsaturated/α-hetero) is 1. The molecule has 0 saturated heterocycles. The van der Waals surface area contributed by atoms with Gasteiger partial charge in [0.05, 0.1) is 5.60 Å². The Bertz CT molecular complexity index is 556. The Morgan fingerprint density at radius 1 is 1.24 bits per heavy atom. The van der Waals surface area contributed by atoms with Crippen LogP contribution in [0.1, 0.15) is 32.1 Å². The van der Waals surface area contributed by atoms with E-state index in [9.17, 15) is 27.1 Å². The topological polar surface area (TPSA) is 101 Å². The molecule has 120 valence electrons. The molecule has 4 aliphatic carbocycles. The summed E-state index contributed by atoms with van der Waals surface area (Å²) in [5.74, 6) is -0.237. The minimum absolute atomic E-state index is 0.112. The second-order valence-electron chi connectivity index (χ2n) is 6.44. The van der Waals surface area contributed by atoms with Crippen molar-refractivity contribution in [2.24, 2.45) is 17.8 Å². The maximum atomic E-state index is 13.4. The van der Waals surface area contributed by atoms with Gasteiger partial charge < -0.3 is 9.84 Å². The summed E-state index contributed by atoms with van der Waals surface area (Å²) >= 11 is 0. The Hall–Kier alpha value is -0.640. The van der Waals surface area contributed by atoms with E-state index in [-0.39, 0.29) is 36.4 Å². The lowest BCUT2D eigenvalue weighted by atomic mass is 9.53. The summed E-state index contributed by atoms with van der Waals surface area (Å²) in [6.45, 7) is 0. The van der Waals surface area contributed by atoms with Crippen LogP contribution < -0.4 is 0 Å². The fourth-order valence-corrected chi connectivity index (χ4v) is 4.56. The van der Waals surface area contributed by atoms with E-state index in [0.717, 1.165) is 0 Å². The van der Waals surface area contributed by atoms with Gasteiger partial charge in [-0.2, -0.15) is 17.2 Å². The third-order valence-corrected chi connectivity index (χ3v) is 5.82. The highest BCUT2D eigenvalue weighted by Gasteiger charge is 2.60. The van der Waals surface area contributed by atoms with Gasteiger partial charge in [-0.3, -0.25) is 9.35 Å². The number of hydrogen-bond donors (Lipinski definition) is 2. The van der Waals surface area contributed by atoms with Gasteiger partial charge in [0, 0.05) is 11.8 Å². The Kier molecular flexibility index (Phi) is 3.22. The molecule has 4 aliphatic rings. The fourth-order valence-electron chi connectivity index (χ4n) is 4.25. The molecule has 4 saturated carbocycles. The van der Waals surface area contributed by atoms with Crippen LogP contribution >= 0.6 is 0 Å². The first kappa shape index (κ1) is 15.3. The van der Waals surface area contributed by atoms with Crippen LogP contribution in [0.15, 0.2) is 0 Å². The molecule has 0 aromatic heterocycles. The molecule has 0 spiro atoms. The third-order valence-electron chi connectivity index (χ3n) is 4.93. The molecule has 0 aromatic carbocycles. The molecule has 21 heavy (non-hydrogen) atoms. The van der Waals surface area contributed by atoms with Crippen LogP contribution in [0.3, 0.4) is 0 Å². The van der Waals surface area contributed by atoms with Gasteiger partial charge in [-0.05, 0) is 38.0 Å². The number of ketones is 1. The van der Waals surface area contributed by atoms with Gasteiger partial charge in [-0.1, -0.05) is 0 Å². The number of aliphatic hydroxyl groups is 1. The molecule has 4 bridgehead atoms. The number of hydrogen-bond acceptors (Lipinski definition) is 5. The van der Waals surface area contributed by atoms with Crippen molar-refractivity contribution in [1.29, 1.82) is 0 Å². The van der Waals surface area contributed by atoms with Crippen LogP contribution in [0.25, 0.3) is 0 Å². The zero-order valence-corrected chi connectivity index (χ0v) is 11.9. The van der Waals surface area contributed by atoms with E-state index >= 15 is 0 Å². The zero-order valence-electron chi connectivity index (χ0n) is 11.0. The SMILES string of the molecule is O=C1C2CC3CC1CC(OC(O)C(F)(F)S(=O)(=O)O)(C3)C2. The summed E-state index contributed by atoms with van der Waals surface area (Å²) in [4.78, 5) is 12.0. The van der Waals surface area contributed by atoms with E-state index in [4.69, 9.17) is 9.29 Å². The molecule has 9 heteroatoms. The number of alkyl halides is 2. The van der Waals surface area contributed by atoms with E-state index in [1.165, 1.54) is 0 Å². The van der Waals surface area contributed by atoms with E-state index in [1.54, 1.807) is 0 Å². The Morgan fingerprint density at radius 3 is 2.24 bits per heavy atom. The van der Waals surface area contributed by atoms with Crippen molar-refractivity contribution in [3.63, 3.8) is 0 Å². The number of carbonyl (C=O) groups excluding carboxylic acids is 1. The van der Waals surface area contributed by atoms with Crippen LogP contribution in [0.5, 0.6) is 0 Å². The summed E-state index contributed by atoms with van der Waals surface area (Å²) in [5.41, 5.74) is -1.10. The first-order valence-corrected chi connectivity index (χ1v) is 8.22. The van der Waals surface area contributed by atoms with Crippen LogP contribution in [0, 0.1) is 17.8 Å². The first-order chi connectivity index (χ1) is 9.54. The minimum atomic E-state index is -5.77. The largest absolute Gasteiger partial charge is 0.418 e. The molecule has 0 aromatic rings. The molecular formula is C12H16F2O6S. The molecule has 4 rings (SSSR count). The van der Waals surface area contributed by atoms with Gasteiger partial charge in [-0.15, -0.1) is 0 Å². The van der Waals surface area contributed by atoms with E-state index < -0.39 is 27.3 Å².